The predicted octanol–water partition coefficient (Wildman–Crippen LogP) is 4.49. The highest BCUT2D eigenvalue weighted by Gasteiger charge is 2.24. The highest BCUT2D eigenvalue weighted by Crippen LogP contribution is 2.27. The lowest BCUT2D eigenvalue weighted by molar-refractivity contribution is 0.0372. The van der Waals surface area contributed by atoms with Crippen molar-refractivity contribution >= 4 is 23.5 Å². The average molecular weight is 399 g/mol. The second kappa shape index (κ2) is 8.71. The van der Waals surface area contributed by atoms with Crippen molar-refractivity contribution in [3.63, 3.8) is 0 Å². The number of halogens is 1. The maximum atomic E-state index is 12.7. The Morgan fingerprint density at radius 1 is 1.14 bits per heavy atom. The molecule has 3 aromatic rings. The first-order valence-electron chi connectivity index (χ1n) is 8.72. The summed E-state index contributed by atoms with van der Waals surface area (Å²) in [4.78, 5) is 29.0. The van der Waals surface area contributed by atoms with Gasteiger partial charge in [0.1, 0.15) is 0 Å². The molecule has 1 amide bonds. The summed E-state index contributed by atoms with van der Waals surface area (Å²) in [6.07, 6.45) is 0.865. The van der Waals surface area contributed by atoms with Crippen LogP contribution in [-0.4, -0.2) is 23.0 Å². The first kappa shape index (κ1) is 19.6. The number of nitrogens with zero attached hydrogens (tertiary/aromatic N) is 1. The number of rotatable bonds is 6. The molecule has 0 saturated carbocycles. The lowest BCUT2D eigenvalue weighted by Crippen LogP contribution is -2.23. The molecule has 0 aliphatic carbocycles. The molecule has 0 spiro atoms. The van der Waals surface area contributed by atoms with Crippen LogP contribution in [0.4, 0.5) is 0 Å². The smallest absolute Gasteiger partial charge is 0.361 e. The minimum Gasteiger partial charge on any atom is -0.458 e. The van der Waals surface area contributed by atoms with Gasteiger partial charge < -0.3 is 14.5 Å². The number of amides is 1. The summed E-state index contributed by atoms with van der Waals surface area (Å²) in [6.45, 7) is 3.83. The van der Waals surface area contributed by atoms with Crippen molar-refractivity contribution in [2.45, 2.75) is 26.5 Å². The zero-order valence-corrected chi connectivity index (χ0v) is 16.2. The number of hydrogen-bond acceptors (Lipinski definition) is 5. The van der Waals surface area contributed by atoms with E-state index in [0.717, 1.165) is 12.0 Å². The van der Waals surface area contributed by atoms with Gasteiger partial charge in [-0.2, -0.15) is 0 Å². The lowest BCUT2D eigenvalue weighted by atomic mass is 10.0. The van der Waals surface area contributed by atoms with Gasteiger partial charge in [-0.25, -0.2) is 9.78 Å². The number of aromatic nitrogens is 1. The lowest BCUT2D eigenvalue weighted by Gasteiger charge is -2.10. The van der Waals surface area contributed by atoms with Gasteiger partial charge in [0.15, 0.2) is 17.8 Å². The van der Waals surface area contributed by atoms with E-state index in [0.29, 0.717) is 22.7 Å². The van der Waals surface area contributed by atoms with Crippen LogP contribution < -0.4 is 5.32 Å². The molecule has 0 atom stereocenters. The van der Waals surface area contributed by atoms with E-state index in [9.17, 15) is 9.59 Å². The summed E-state index contributed by atoms with van der Waals surface area (Å²) < 4.78 is 10.6. The number of ether oxygens (including phenoxy) is 1. The van der Waals surface area contributed by atoms with Crippen molar-refractivity contribution in [1.82, 2.24) is 10.3 Å². The Labute approximate surface area is 167 Å². The summed E-state index contributed by atoms with van der Waals surface area (Å²) in [5.41, 5.74) is 1.78. The number of nitrogens with one attached hydrogen (secondary N) is 1. The summed E-state index contributed by atoms with van der Waals surface area (Å²) in [5.74, 6) is -0.705. The van der Waals surface area contributed by atoms with Crippen LogP contribution in [0.25, 0.3) is 11.3 Å². The third-order valence-corrected chi connectivity index (χ3v) is 4.14. The number of carbonyl (C=O) groups is 2. The number of hydrogen-bond donors (Lipinski definition) is 1. The average Bonchev–Trinajstić information content (AvgIpc) is 3.16. The molecular formula is C21H19ClN2O4. The Bertz CT molecular complexity index is 980. The van der Waals surface area contributed by atoms with Gasteiger partial charge in [-0.3, -0.25) is 4.79 Å². The molecule has 1 aromatic heterocycles. The van der Waals surface area contributed by atoms with Crippen LogP contribution in [0.1, 0.15) is 40.3 Å². The van der Waals surface area contributed by atoms with Crippen molar-refractivity contribution in [3.8, 4) is 11.3 Å². The Kier molecular flexibility index (Phi) is 6.11. The predicted molar refractivity (Wildman–Crippen MR) is 105 cm³/mol. The van der Waals surface area contributed by atoms with E-state index in [1.165, 1.54) is 0 Å². The van der Waals surface area contributed by atoms with Gasteiger partial charge in [0.2, 0.25) is 0 Å². The van der Waals surface area contributed by atoms with E-state index in [1.807, 2.05) is 12.1 Å². The Morgan fingerprint density at radius 2 is 1.86 bits per heavy atom. The molecule has 6 nitrogen and oxygen atoms in total. The second-order valence-corrected chi connectivity index (χ2v) is 6.78. The summed E-state index contributed by atoms with van der Waals surface area (Å²) >= 11 is 5.88. The fraction of sp³-hybridized carbons (Fsp3) is 0.190. The highest BCUT2D eigenvalue weighted by atomic mass is 35.5. The monoisotopic (exact) mass is 398 g/mol. The zero-order chi connectivity index (χ0) is 20.1. The molecule has 0 aliphatic heterocycles. The zero-order valence-electron chi connectivity index (χ0n) is 15.4. The van der Waals surface area contributed by atoms with Gasteiger partial charge in [-0.05, 0) is 37.6 Å². The van der Waals surface area contributed by atoms with E-state index in [-0.39, 0.29) is 23.5 Å². The SMILES string of the molecule is CC(C)OC(=O)c1ncoc1-c1ccccc1C(=O)NCc1ccc(Cl)cc1. The minimum absolute atomic E-state index is 0.0339. The van der Waals surface area contributed by atoms with Crippen LogP contribution in [0.3, 0.4) is 0 Å². The molecule has 0 fully saturated rings. The number of esters is 1. The van der Waals surface area contributed by atoms with Crippen molar-refractivity contribution in [2.24, 2.45) is 0 Å². The van der Waals surface area contributed by atoms with E-state index < -0.39 is 5.97 Å². The molecular weight excluding hydrogens is 380 g/mol. The van der Waals surface area contributed by atoms with Crippen LogP contribution in [0, 0.1) is 0 Å². The van der Waals surface area contributed by atoms with Crippen molar-refractivity contribution in [2.75, 3.05) is 0 Å². The third-order valence-electron chi connectivity index (χ3n) is 3.89. The Balaban J connectivity index is 1.84. The number of oxazole rings is 1. The summed E-state index contributed by atoms with van der Waals surface area (Å²) in [6, 6.07) is 14.1. The van der Waals surface area contributed by atoms with Crippen molar-refractivity contribution in [1.29, 1.82) is 0 Å². The van der Waals surface area contributed by atoms with Gasteiger partial charge in [0, 0.05) is 17.1 Å². The summed E-state index contributed by atoms with van der Waals surface area (Å²) in [7, 11) is 0. The van der Waals surface area contributed by atoms with Gasteiger partial charge in [0.25, 0.3) is 5.91 Å². The fourth-order valence-corrected chi connectivity index (χ4v) is 2.74. The third kappa shape index (κ3) is 4.58. The van der Waals surface area contributed by atoms with Gasteiger partial charge in [0.05, 0.1) is 11.7 Å². The van der Waals surface area contributed by atoms with Gasteiger partial charge in [-0.1, -0.05) is 41.9 Å². The normalized spacial score (nSPS) is 10.7. The van der Waals surface area contributed by atoms with Gasteiger partial charge >= 0.3 is 5.97 Å². The standard InChI is InChI=1S/C21H19ClN2O4/c1-13(2)28-21(26)18-19(27-12-24-18)16-5-3-4-6-17(16)20(25)23-11-14-7-9-15(22)10-8-14/h3-10,12-13H,11H2,1-2H3,(H,23,25). The first-order valence-corrected chi connectivity index (χ1v) is 9.10. The van der Waals surface area contributed by atoms with Crippen LogP contribution in [-0.2, 0) is 11.3 Å². The van der Waals surface area contributed by atoms with Crippen molar-refractivity contribution in [3.05, 3.63) is 76.8 Å². The molecule has 3 rings (SSSR count). The fourth-order valence-electron chi connectivity index (χ4n) is 2.61. The molecule has 1 N–H and O–H groups in total. The molecule has 7 heteroatoms. The quantitative estimate of drug-likeness (QED) is 0.618. The van der Waals surface area contributed by atoms with E-state index in [4.69, 9.17) is 20.8 Å². The number of carbonyl (C=O) groups excluding carboxylic acids is 2. The maximum absolute atomic E-state index is 12.7. The molecule has 28 heavy (non-hydrogen) atoms. The molecule has 0 aliphatic rings. The molecule has 0 saturated heterocycles. The van der Waals surface area contributed by atoms with Gasteiger partial charge in [-0.15, -0.1) is 0 Å². The van der Waals surface area contributed by atoms with Crippen LogP contribution in [0.5, 0.6) is 0 Å². The second-order valence-electron chi connectivity index (χ2n) is 6.34. The van der Waals surface area contributed by atoms with Crippen LogP contribution >= 0.6 is 11.6 Å². The molecule has 1 heterocycles. The van der Waals surface area contributed by atoms with E-state index in [1.54, 1.807) is 50.2 Å². The van der Waals surface area contributed by atoms with Crippen molar-refractivity contribution < 1.29 is 18.7 Å². The van der Waals surface area contributed by atoms with Crippen LogP contribution in [0.15, 0.2) is 59.3 Å². The summed E-state index contributed by atoms with van der Waals surface area (Å²) in [5, 5.41) is 3.49. The molecule has 0 radical (unpaired) electrons. The Morgan fingerprint density at radius 3 is 2.57 bits per heavy atom. The first-order chi connectivity index (χ1) is 13.5. The molecule has 0 unspecified atom stereocenters. The van der Waals surface area contributed by atoms with E-state index in [2.05, 4.69) is 10.3 Å². The highest BCUT2D eigenvalue weighted by molar-refractivity contribution is 6.30. The topological polar surface area (TPSA) is 81.4 Å². The largest absolute Gasteiger partial charge is 0.458 e. The van der Waals surface area contributed by atoms with E-state index >= 15 is 0 Å². The van der Waals surface area contributed by atoms with Crippen LogP contribution in [0.2, 0.25) is 5.02 Å². The molecule has 0 bridgehead atoms. The minimum atomic E-state index is -0.602. The number of benzene rings is 2. The molecule has 2 aromatic carbocycles. The molecule has 144 valence electrons. The Hall–Kier alpha value is -3.12. The maximum Gasteiger partial charge on any atom is 0.361 e.